The monoisotopic (exact) mass is 375 g/mol. The first kappa shape index (κ1) is 19.4. The van der Waals surface area contributed by atoms with Crippen molar-refractivity contribution < 1.29 is 9.53 Å². The van der Waals surface area contributed by atoms with Gasteiger partial charge in [-0.3, -0.25) is 4.79 Å². The van der Waals surface area contributed by atoms with Crippen LogP contribution >= 0.6 is 0 Å². The highest BCUT2D eigenvalue weighted by molar-refractivity contribution is 5.90. The van der Waals surface area contributed by atoms with Gasteiger partial charge in [-0.25, -0.2) is 4.98 Å². The fourth-order valence-corrected chi connectivity index (χ4v) is 2.93. The van der Waals surface area contributed by atoms with E-state index in [-0.39, 0.29) is 5.91 Å². The number of hydrogen-bond acceptors (Lipinski definition) is 4. The fraction of sp³-hybridized carbons (Fsp3) is 0.217. The van der Waals surface area contributed by atoms with Crippen molar-refractivity contribution in [1.82, 2.24) is 4.98 Å². The van der Waals surface area contributed by atoms with E-state index in [2.05, 4.69) is 21.7 Å². The minimum absolute atomic E-state index is 0.0115. The number of rotatable bonds is 9. The number of amides is 1. The number of nitrogens with zero attached hydrogens (tertiary/aromatic N) is 1. The van der Waals surface area contributed by atoms with Gasteiger partial charge in [0.1, 0.15) is 11.6 Å². The van der Waals surface area contributed by atoms with Gasteiger partial charge in [0.05, 0.1) is 19.0 Å². The van der Waals surface area contributed by atoms with Crippen LogP contribution in [0.15, 0.2) is 72.9 Å². The maximum absolute atomic E-state index is 12.1. The summed E-state index contributed by atoms with van der Waals surface area (Å²) < 4.78 is 5.37. The molecule has 0 radical (unpaired) electrons. The SMILES string of the molecule is COc1ccccc1CCNc1ccc(NC(=O)CCc2ccccc2)cn1. The van der Waals surface area contributed by atoms with Crippen molar-refractivity contribution >= 4 is 17.4 Å². The van der Waals surface area contributed by atoms with Crippen LogP contribution in [0.1, 0.15) is 17.5 Å². The number of aryl methyl sites for hydroxylation is 1. The van der Waals surface area contributed by atoms with Crippen molar-refractivity contribution in [2.24, 2.45) is 0 Å². The number of carbonyl (C=O) groups is 1. The van der Waals surface area contributed by atoms with Crippen molar-refractivity contribution in [2.75, 3.05) is 24.3 Å². The zero-order valence-corrected chi connectivity index (χ0v) is 16.0. The Morgan fingerprint density at radius 1 is 0.964 bits per heavy atom. The van der Waals surface area contributed by atoms with Gasteiger partial charge < -0.3 is 15.4 Å². The molecule has 3 rings (SSSR count). The number of ether oxygens (including phenoxy) is 1. The molecular weight excluding hydrogens is 350 g/mol. The summed E-state index contributed by atoms with van der Waals surface area (Å²) in [5.74, 6) is 1.66. The lowest BCUT2D eigenvalue weighted by Gasteiger charge is -2.10. The van der Waals surface area contributed by atoms with Crippen molar-refractivity contribution in [3.05, 3.63) is 84.1 Å². The van der Waals surface area contributed by atoms with Crippen molar-refractivity contribution in [2.45, 2.75) is 19.3 Å². The van der Waals surface area contributed by atoms with Crippen LogP contribution in [-0.4, -0.2) is 24.5 Å². The van der Waals surface area contributed by atoms with E-state index in [1.807, 2.05) is 60.7 Å². The minimum atomic E-state index is -0.0115. The number of anilines is 2. The molecule has 0 saturated carbocycles. The number of benzene rings is 2. The molecular formula is C23H25N3O2. The van der Waals surface area contributed by atoms with Crippen molar-refractivity contribution in [3.8, 4) is 5.75 Å². The molecule has 0 fully saturated rings. The van der Waals surface area contributed by atoms with Gasteiger partial charge in [0.2, 0.25) is 5.91 Å². The van der Waals surface area contributed by atoms with Crippen LogP contribution in [0.25, 0.3) is 0 Å². The molecule has 1 heterocycles. The molecule has 0 aliphatic heterocycles. The Labute approximate surface area is 165 Å². The fourth-order valence-electron chi connectivity index (χ4n) is 2.93. The number of para-hydroxylation sites is 1. The van der Waals surface area contributed by atoms with Gasteiger partial charge in [-0.1, -0.05) is 48.5 Å². The third-order valence-electron chi connectivity index (χ3n) is 4.42. The smallest absolute Gasteiger partial charge is 0.224 e. The number of nitrogens with one attached hydrogen (secondary N) is 2. The number of carbonyl (C=O) groups excluding carboxylic acids is 1. The molecule has 0 spiro atoms. The molecule has 144 valence electrons. The first-order valence-corrected chi connectivity index (χ1v) is 9.40. The highest BCUT2D eigenvalue weighted by atomic mass is 16.5. The first-order chi connectivity index (χ1) is 13.7. The van der Waals surface area contributed by atoms with Gasteiger partial charge >= 0.3 is 0 Å². The summed E-state index contributed by atoms with van der Waals surface area (Å²) in [5.41, 5.74) is 3.01. The number of aromatic nitrogens is 1. The molecule has 0 aliphatic rings. The van der Waals surface area contributed by atoms with Crippen LogP contribution in [0.3, 0.4) is 0 Å². The normalized spacial score (nSPS) is 10.3. The van der Waals surface area contributed by atoms with E-state index in [9.17, 15) is 4.79 Å². The first-order valence-electron chi connectivity index (χ1n) is 9.40. The molecule has 28 heavy (non-hydrogen) atoms. The average Bonchev–Trinajstić information content (AvgIpc) is 2.74. The van der Waals surface area contributed by atoms with Gasteiger partial charge in [-0.15, -0.1) is 0 Å². The Hall–Kier alpha value is -3.34. The zero-order valence-electron chi connectivity index (χ0n) is 16.0. The molecule has 1 amide bonds. The summed E-state index contributed by atoms with van der Waals surface area (Å²) in [4.78, 5) is 16.5. The second kappa shape index (κ2) is 10.1. The second-order valence-electron chi connectivity index (χ2n) is 6.45. The van der Waals surface area contributed by atoms with Crippen LogP contribution in [0.2, 0.25) is 0 Å². The summed E-state index contributed by atoms with van der Waals surface area (Å²) in [7, 11) is 1.68. The van der Waals surface area contributed by atoms with E-state index in [4.69, 9.17) is 4.74 Å². The number of methoxy groups -OCH3 is 1. The lowest BCUT2D eigenvalue weighted by molar-refractivity contribution is -0.116. The summed E-state index contributed by atoms with van der Waals surface area (Å²) in [6.07, 6.45) is 3.68. The molecule has 1 aromatic heterocycles. The third-order valence-corrected chi connectivity index (χ3v) is 4.42. The van der Waals surface area contributed by atoms with Crippen molar-refractivity contribution in [1.29, 1.82) is 0 Å². The summed E-state index contributed by atoms with van der Waals surface area (Å²) in [6, 6.07) is 21.7. The predicted octanol–water partition coefficient (Wildman–Crippen LogP) is 4.32. The summed E-state index contributed by atoms with van der Waals surface area (Å²) >= 11 is 0. The highest BCUT2D eigenvalue weighted by Crippen LogP contribution is 2.18. The van der Waals surface area contributed by atoms with Gasteiger partial charge in [-0.05, 0) is 42.2 Å². The van der Waals surface area contributed by atoms with Crippen molar-refractivity contribution in [3.63, 3.8) is 0 Å². The Morgan fingerprint density at radius 2 is 1.75 bits per heavy atom. The molecule has 5 heteroatoms. The molecule has 0 saturated heterocycles. The van der Waals surface area contributed by atoms with E-state index in [0.29, 0.717) is 12.1 Å². The maximum Gasteiger partial charge on any atom is 0.224 e. The van der Waals surface area contributed by atoms with E-state index in [1.165, 1.54) is 0 Å². The molecule has 2 N–H and O–H groups in total. The van der Waals surface area contributed by atoms with Crippen LogP contribution in [0, 0.1) is 0 Å². The van der Waals surface area contributed by atoms with Crippen LogP contribution < -0.4 is 15.4 Å². The Kier molecular flexibility index (Phi) is 7.01. The van der Waals surface area contributed by atoms with Crippen LogP contribution in [-0.2, 0) is 17.6 Å². The summed E-state index contributed by atoms with van der Waals surface area (Å²) in [6.45, 7) is 0.746. The second-order valence-corrected chi connectivity index (χ2v) is 6.45. The predicted molar refractivity (Wildman–Crippen MR) is 113 cm³/mol. The highest BCUT2D eigenvalue weighted by Gasteiger charge is 2.05. The minimum Gasteiger partial charge on any atom is -0.496 e. The molecule has 0 bridgehead atoms. The largest absolute Gasteiger partial charge is 0.496 e. The molecule has 5 nitrogen and oxygen atoms in total. The van der Waals surface area contributed by atoms with Crippen LogP contribution in [0.5, 0.6) is 5.75 Å². The number of pyridine rings is 1. The zero-order chi connectivity index (χ0) is 19.6. The lowest BCUT2D eigenvalue weighted by Crippen LogP contribution is -2.13. The topological polar surface area (TPSA) is 63.2 Å². The van der Waals surface area contributed by atoms with E-state index in [1.54, 1.807) is 13.3 Å². The number of hydrogen-bond donors (Lipinski definition) is 2. The van der Waals surface area contributed by atoms with E-state index < -0.39 is 0 Å². The maximum atomic E-state index is 12.1. The van der Waals surface area contributed by atoms with Gasteiger partial charge in [0, 0.05) is 13.0 Å². The Balaban J connectivity index is 1.43. The average molecular weight is 375 g/mol. The quantitative estimate of drug-likeness (QED) is 0.585. The van der Waals surface area contributed by atoms with Crippen LogP contribution in [0.4, 0.5) is 11.5 Å². The third kappa shape index (κ3) is 5.84. The summed E-state index contributed by atoms with van der Waals surface area (Å²) in [5, 5.41) is 6.18. The molecule has 3 aromatic rings. The molecule has 2 aromatic carbocycles. The Bertz CT molecular complexity index is 880. The molecule has 0 aliphatic carbocycles. The van der Waals surface area contributed by atoms with Gasteiger partial charge in [0.25, 0.3) is 0 Å². The lowest BCUT2D eigenvalue weighted by atomic mass is 10.1. The van der Waals surface area contributed by atoms with Gasteiger partial charge in [0.15, 0.2) is 0 Å². The Morgan fingerprint density at radius 3 is 2.50 bits per heavy atom. The standard InChI is InChI=1S/C23H25N3O2/c1-28-21-10-6-5-9-19(21)15-16-24-22-13-12-20(17-25-22)26-23(27)14-11-18-7-3-2-4-8-18/h2-10,12-13,17H,11,14-16H2,1H3,(H,24,25)(H,26,27). The van der Waals surface area contributed by atoms with Gasteiger partial charge in [-0.2, -0.15) is 0 Å². The molecule has 0 atom stereocenters. The van der Waals surface area contributed by atoms with E-state index in [0.717, 1.165) is 42.1 Å². The van der Waals surface area contributed by atoms with E-state index >= 15 is 0 Å². The molecule has 0 unspecified atom stereocenters.